The molecule has 3 aliphatic rings. The topological polar surface area (TPSA) is 112 Å². The second-order valence-corrected chi connectivity index (χ2v) is 10.7. The van der Waals surface area contributed by atoms with Crippen LogP contribution in [0.3, 0.4) is 0 Å². The van der Waals surface area contributed by atoms with Crippen LogP contribution in [0.5, 0.6) is 0 Å². The number of benzene rings is 1. The van der Waals surface area contributed by atoms with Gasteiger partial charge < -0.3 is 26.3 Å². The largest absolute Gasteiger partial charge is 0.397 e. The van der Waals surface area contributed by atoms with Crippen molar-refractivity contribution in [2.45, 2.75) is 38.1 Å². The van der Waals surface area contributed by atoms with E-state index in [1.807, 2.05) is 36.4 Å². The van der Waals surface area contributed by atoms with Crippen molar-refractivity contribution in [1.82, 2.24) is 14.9 Å². The minimum atomic E-state index is -0.713. The number of nitrogens with two attached hydrogens (primary N) is 2. The van der Waals surface area contributed by atoms with Crippen molar-refractivity contribution >= 4 is 29.3 Å². The molecule has 6 rings (SSSR count). The Morgan fingerprint density at radius 3 is 2.48 bits per heavy atom. The van der Waals surface area contributed by atoms with Crippen LogP contribution < -0.4 is 22.2 Å². The number of aromatic amines is 2. The summed E-state index contributed by atoms with van der Waals surface area (Å²) >= 11 is 0. The Kier molecular flexibility index (Phi) is 6.90. The van der Waals surface area contributed by atoms with Crippen molar-refractivity contribution in [3.05, 3.63) is 112 Å². The molecule has 0 saturated heterocycles. The van der Waals surface area contributed by atoms with Crippen LogP contribution in [0, 0.1) is 0 Å². The van der Waals surface area contributed by atoms with Gasteiger partial charge in [-0.25, -0.2) is 4.99 Å². The molecule has 0 saturated carbocycles. The number of aliphatic imine (C=N–C) groups is 2. The highest BCUT2D eigenvalue weighted by Crippen LogP contribution is 2.49. The van der Waals surface area contributed by atoms with Crippen molar-refractivity contribution < 1.29 is 0 Å². The number of allylic oxidation sites excluding steroid dienone is 3. The van der Waals surface area contributed by atoms with Gasteiger partial charge in [0.05, 0.1) is 28.5 Å². The molecule has 3 aromatic rings. The molecule has 0 spiro atoms. The fraction of sp³-hybridized carbons (Fsp3) is 0.273. The van der Waals surface area contributed by atoms with Crippen molar-refractivity contribution in [1.29, 1.82) is 0 Å². The van der Waals surface area contributed by atoms with Crippen LogP contribution in [0.1, 0.15) is 49.6 Å². The second-order valence-electron chi connectivity index (χ2n) is 10.7. The first-order chi connectivity index (χ1) is 19.5. The third-order valence-corrected chi connectivity index (χ3v) is 8.17. The lowest BCUT2D eigenvalue weighted by Gasteiger charge is -2.35. The molecule has 2 unspecified atom stereocenters. The van der Waals surface area contributed by atoms with Crippen LogP contribution in [-0.2, 0) is 5.54 Å². The highest BCUT2D eigenvalue weighted by molar-refractivity contribution is 6.20. The lowest BCUT2D eigenvalue weighted by Crippen LogP contribution is -2.31. The standard InChI is InChI=1S/C33H37N7/c1-3-40(4-2)16-8-11-28-32-29(34)19-27(38-32)18-25-13-12-23(36-25)17-24-14-15-26(37-24)20-31-30(35)21-33(28,39-31)22-9-6-5-7-10-22/h5-7,9-10,12-15,17-21,28,36,38H,3-4,8,11,16,34-35H2,1-2H3. The summed E-state index contributed by atoms with van der Waals surface area (Å²) in [5.41, 5.74) is 19.7. The molecule has 8 bridgehead atoms. The van der Waals surface area contributed by atoms with Gasteiger partial charge in [0, 0.05) is 28.0 Å². The summed E-state index contributed by atoms with van der Waals surface area (Å²) in [6.07, 6.45) is 14.2. The molecule has 0 radical (unpaired) electrons. The maximum absolute atomic E-state index is 6.79. The number of nitrogen functional groups attached to an aromatic ring is 1. The maximum atomic E-state index is 6.79. The summed E-state index contributed by atoms with van der Waals surface area (Å²) in [5.74, 6) is -0.0549. The Balaban J connectivity index is 1.57. The molecule has 204 valence electrons. The second kappa shape index (κ2) is 10.7. The van der Waals surface area contributed by atoms with E-state index in [1.165, 1.54) is 0 Å². The summed E-state index contributed by atoms with van der Waals surface area (Å²) in [6.45, 7) is 7.50. The molecular formula is C33H37N7. The predicted octanol–water partition coefficient (Wildman–Crippen LogP) is 3.84. The Bertz CT molecular complexity index is 1680. The van der Waals surface area contributed by atoms with E-state index in [-0.39, 0.29) is 5.92 Å². The maximum Gasteiger partial charge on any atom is 0.115 e. The molecule has 3 aliphatic heterocycles. The molecule has 7 heteroatoms. The normalized spacial score (nSPS) is 21.4. The van der Waals surface area contributed by atoms with E-state index in [0.29, 0.717) is 5.70 Å². The first-order valence-corrected chi connectivity index (χ1v) is 14.2. The number of nitrogens with one attached hydrogen (secondary N) is 2. The number of hydrogen-bond donors (Lipinski definition) is 4. The minimum absolute atomic E-state index is 0.0549. The van der Waals surface area contributed by atoms with Crippen molar-refractivity contribution in [3.63, 3.8) is 0 Å². The zero-order valence-corrected chi connectivity index (χ0v) is 23.2. The van der Waals surface area contributed by atoms with Crippen molar-refractivity contribution in [2.75, 3.05) is 25.4 Å². The van der Waals surface area contributed by atoms with E-state index in [4.69, 9.17) is 21.5 Å². The lowest BCUT2D eigenvalue weighted by atomic mass is 9.74. The van der Waals surface area contributed by atoms with Gasteiger partial charge in [-0.2, -0.15) is 0 Å². The molecule has 0 amide bonds. The Morgan fingerprint density at radius 1 is 0.925 bits per heavy atom. The van der Waals surface area contributed by atoms with Crippen LogP contribution in [0.15, 0.2) is 94.2 Å². The average molecular weight is 532 g/mol. The van der Waals surface area contributed by atoms with Gasteiger partial charge in [-0.1, -0.05) is 44.2 Å². The fourth-order valence-corrected chi connectivity index (χ4v) is 6.09. The Labute approximate surface area is 235 Å². The number of fused-ring (bicyclic) bond motifs is 6. The van der Waals surface area contributed by atoms with Gasteiger partial charge in [0.25, 0.3) is 0 Å². The fourth-order valence-electron chi connectivity index (χ4n) is 6.09. The third kappa shape index (κ3) is 4.89. The van der Waals surface area contributed by atoms with Gasteiger partial charge >= 0.3 is 0 Å². The minimum Gasteiger partial charge on any atom is -0.397 e. The SMILES string of the molecule is CCN(CC)CCCC1c2[nH]c(cc2N)C=c2ccc([nH]2)=CC2=NC(=CC3=NC1(c1ccccc1)C=C3N)C=C2. The predicted molar refractivity (Wildman–Crippen MR) is 166 cm³/mol. The summed E-state index contributed by atoms with van der Waals surface area (Å²) in [6, 6.07) is 16.6. The van der Waals surface area contributed by atoms with Crippen LogP contribution >= 0.6 is 0 Å². The van der Waals surface area contributed by atoms with Gasteiger partial charge in [0.2, 0.25) is 0 Å². The number of anilines is 1. The molecule has 2 aromatic heterocycles. The van der Waals surface area contributed by atoms with Crippen molar-refractivity contribution in [3.8, 4) is 0 Å². The summed E-state index contributed by atoms with van der Waals surface area (Å²) in [5, 5.41) is 1.98. The quantitative estimate of drug-likeness (QED) is 0.372. The zero-order chi connectivity index (χ0) is 27.7. The van der Waals surface area contributed by atoms with Gasteiger partial charge in [-0.15, -0.1) is 0 Å². The molecule has 40 heavy (non-hydrogen) atoms. The smallest absolute Gasteiger partial charge is 0.115 e. The van der Waals surface area contributed by atoms with E-state index in [9.17, 15) is 0 Å². The van der Waals surface area contributed by atoms with E-state index >= 15 is 0 Å². The van der Waals surface area contributed by atoms with Crippen LogP contribution in [0.25, 0.3) is 12.2 Å². The van der Waals surface area contributed by atoms with Crippen LogP contribution in [0.2, 0.25) is 0 Å². The molecule has 7 nitrogen and oxygen atoms in total. The number of rotatable bonds is 7. The molecule has 1 aromatic carbocycles. The average Bonchev–Trinajstić information content (AvgIpc) is 3.74. The van der Waals surface area contributed by atoms with Gasteiger partial charge in [0.15, 0.2) is 0 Å². The van der Waals surface area contributed by atoms with Crippen LogP contribution in [-0.4, -0.2) is 45.9 Å². The van der Waals surface area contributed by atoms with Gasteiger partial charge in [-0.05, 0) is 92.7 Å². The van der Waals surface area contributed by atoms with Crippen LogP contribution in [0.4, 0.5) is 5.69 Å². The van der Waals surface area contributed by atoms with E-state index in [2.05, 4.69) is 77.3 Å². The summed E-state index contributed by atoms with van der Waals surface area (Å²) in [4.78, 5) is 19.9. The highest BCUT2D eigenvalue weighted by Gasteiger charge is 2.44. The first kappa shape index (κ1) is 25.9. The lowest BCUT2D eigenvalue weighted by molar-refractivity contribution is 0.284. The molecule has 0 aliphatic carbocycles. The molecule has 5 heterocycles. The van der Waals surface area contributed by atoms with Crippen molar-refractivity contribution in [2.24, 2.45) is 15.7 Å². The van der Waals surface area contributed by atoms with E-state index in [1.54, 1.807) is 0 Å². The Hall–Kier alpha value is -4.36. The zero-order valence-electron chi connectivity index (χ0n) is 23.2. The monoisotopic (exact) mass is 531 g/mol. The summed E-state index contributed by atoms with van der Waals surface area (Å²) < 4.78 is 0. The first-order valence-electron chi connectivity index (χ1n) is 14.2. The molecule has 0 fully saturated rings. The number of aromatic nitrogens is 2. The Morgan fingerprint density at radius 2 is 1.70 bits per heavy atom. The van der Waals surface area contributed by atoms with Gasteiger partial charge in [-0.3, -0.25) is 4.99 Å². The molecule has 2 atom stereocenters. The number of H-pyrrole nitrogens is 2. The van der Waals surface area contributed by atoms with E-state index < -0.39 is 5.54 Å². The molecule has 6 N–H and O–H groups in total. The number of nitrogens with zero attached hydrogens (tertiary/aromatic N) is 3. The van der Waals surface area contributed by atoms with Gasteiger partial charge in [0.1, 0.15) is 5.54 Å². The number of hydrogen-bond acceptors (Lipinski definition) is 5. The summed E-state index contributed by atoms with van der Waals surface area (Å²) in [7, 11) is 0. The van der Waals surface area contributed by atoms with E-state index in [0.717, 1.165) is 82.9 Å². The molecular weight excluding hydrogens is 494 g/mol. The third-order valence-electron chi connectivity index (χ3n) is 8.17. The highest BCUT2D eigenvalue weighted by atomic mass is 15.1.